The molecule has 0 N–H and O–H groups in total. The van der Waals surface area contributed by atoms with Crippen molar-refractivity contribution in [1.82, 2.24) is 9.97 Å². The third-order valence-electron chi connectivity index (χ3n) is 2.21. The summed E-state index contributed by atoms with van der Waals surface area (Å²) in [6.45, 7) is 1.93. The van der Waals surface area contributed by atoms with Crippen molar-refractivity contribution in [1.29, 1.82) is 0 Å². The van der Waals surface area contributed by atoms with Gasteiger partial charge in [0.25, 0.3) is 0 Å². The highest BCUT2D eigenvalue weighted by Crippen LogP contribution is 2.17. The average Bonchev–Trinajstić information content (AvgIpc) is 2.29. The van der Waals surface area contributed by atoms with Crippen molar-refractivity contribution in [3.63, 3.8) is 0 Å². The van der Waals surface area contributed by atoms with E-state index in [2.05, 4.69) is 34.2 Å². The smallest absolute Gasteiger partial charge is 0.140 e. The largest absolute Gasteiger partial charge is 0.237 e. The minimum absolute atomic E-state index is 0.521. The number of hydrogen-bond acceptors (Lipinski definition) is 3. The molecule has 4 heteroatoms. The molecular weight excluding hydrogens is 252 g/mol. The molecular formula is C13H13ClN2S. The fourth-order valence-corrected chi connectivity index (χ4v) is 2.59. The second-order valence-electron chi connectivity index (χ2n) is 3.73. The van der Waals surface area contributed by atoms with E-state index in [4.69, 9.17) is 11.6 Å². The summed E-state index contributed by atoms with van der Waals surface area (Å²) in [7, 11) is 0. The third-order valence-corrected chi connectivity index (χ3v) is 3.41. The summed E-state index contributed by atoms with van der Waals surface area (Å²) in [5.74, 6) is 2.56. The van der Waals surface area contributed by atoms with Gasteiger partial charge < -0.3 is 0 Å². The Hall–Kier alpha value is -1.06. The average molecular weight is 265 g/mol. The van der Waals surface area contributed by atoms with E-state index in [1.807, 2.05) is 13.0 Å². The maximum Gasteiger partial charge on any atom is 0.140 e. The molecule has 0 atom stereocenters. The molecule has 2 aromatic rings. The van der Waals surface area contributed by atoms with Gasteiger partial charge in [-0.1, -0.05) is 41.9 Å². The molecule has 1 heterocycles. The maximum absolute atomic E-state index is 5.89. The zero-order chi connectivity index (χ0) is 12.1. The number of aryl methyl sites for hydroxylation is 1. The molecule has 0 bridgehead atoms. The van der Waals surface area contributed by atoms with Crippen molar-refractivity contribution in [2.75, 3.05) is 0 Å². The second kappa shape index (κ2) is 6.03. The molecule has 88 valence electrons. The fourth-order valence-electron chi connectivity index (χ4n) is 1.49. The number of aromatic nitrogens is 2. The third kappa shape index (κ3) is 4.02. The van der Waals surface area contributed by atoms with E-state index < -0.39 is 0 Å². The Morgan fingerprint density at radius 3 is 2.59 bits per heavy atom. The van der Waals surface area contributed by atoms with E-state index in [1.54, 1.807) is 17.8 Å². The molecule has 0 aliphatic rings. The summed E-state index contributed by atoms with van der Waals surface area (Å²) < 4.78 is 0. The van der Waals surface area contributed by atoms with Gasteiger partial charge >= 0.3 is 0 Å². The van der Waals surface area contributed by atoms with Crippen LogP contribution in [0.5, 0.6) is 0 Å². The van der Waals surface area contributed by atoms with Gasteiger partial charge in [0, 0.05) is 11.4 Å². The van der Waals surface area contributed by atoms with Gasteiger partial charge in [-0.15, -0.1) is 11.8 Å². The Morgan fingerprint density at radius 1 is 1.12 bits per heavy atom. The summed E-state index contributed by atoms with van der Waals surface area (Å²) in [6.07, 6.45) is 0. The molecule has 0 spiro atoms. The van der Waals surface area contributed by atoms with Crippen LogP contribution in [0, 0.1) is 6.92 Å². The van der Waals surface area contributed by atoms with E-state index in [0.717, 1.165) is 23.0 Å². The molecule has 0 radical (unpaired) electrons. The van der Waals surface area contributed by atoms with Gasteiger partial charge in [0.2, 0.25) is 0 Å². The standard InChI is InChI=1S/C13H13ClN2S/c1-10-7-12(14)16-13(15-10)9-17-8-11-5-3-2-4-6-11/h2-7H,8-9H2,1H3. The van der Waals surface area contributed by atoms with Crippen LogP contribution in [-0.4, -0.2) is 9.97 Å². The highest BCUT2D eigenvalue weighted by Gasteiger charge is 2.01. The van der Waals surface area contributed by atoms with Crippen molar-refractivity contribution in [2.45, 2.75) is 18.4 Å². The van der Waals surface area contributed by atoms with Crippen LogP contribution >= 0.6 is 23.4 Å². The van der Waals surface area contributed by atoms with Gasteiger partial charge in [-0.25, -0.2) is 9.97 Å². The first-order valence-electron chi connectivity index (χ1n) is 5.36. The van der Waals surface area contributed by atoms with E-state index in [0.29, 0.717) is 5.15 Å². The molecule has 0 saturated heterocycles. The zero-order valence-electron chi connectivity index (χ0n) is 9.56. The lowest BCUT2D eigenvalue weighted by Crippen LogP contribution is -1.95. The molecule has 1 aromatic carbocycles. The Balaban J connectivity index is 1.90. The van der Waals surface area contributed by atoms with Crippen molar-refractivity contribution < 1.29 is 0 Å². The highest BCUT2D eigenvalue weighted by atomic mass is 35.5. The molecule has 1 aromatic heterocycles. The molecule has 2 nitrogen and oxygen atoms in total. The van der Waals surface area contributed by atoms with Crippen molar-refractivity contribution in [3.8, 4) is 0 Å². The Bertz CT molecular complexity index is 468. The van der Waals surface area contributed by atoms with Crippen LogP contribution in [-0.2, 0) is 11.5 Å². The summed E-state index contributed by atoms with van der Waals surface area (Å²) in [6, 6.07) is 12.1. The number of thioether (sulfide) groups is 1. The van der Waals surface area contributed by atoms with Gasteiger partial charge in [0.1, 0.15) is 11.0 Å². The first kappa shape index (κ1) is 12.4. The van der Waals surface area contributed by atoms with Crippen LogP contribution in [0.15, 0.2) is 36.4 Å². The predicted molar refractivity (Wildman–Crippen MR) is 73.2 cm³/mol. The van der Waals surface area contributed by atoms with Gasteiger partial charge in [-0.2, -0.15) is 0 Å². The van der Waals surface area contributed by atoms with Crippen LogP contribution < -0.4 is 0 Å². The zero-order valence-corrected chi connectivity index (χ0v) is 11.1. The van der Waals surface area contributed by atoms with E-state index >= 15 is 0 Å². The normalized spacial score (nSPS) is 10.5. The molecule has 2 rings (SSSR count). The van der Waals surface area contributed by atoms with Crippen molar-refractivity contribution in [2.24, 2.45) is 0 Å². The van der Waals surface area contributed by atoms with E-state index in [-0.39, 0.29) is 0 Å². The summed E-state index contributed by atoms with van der Waals surface area (Å²) >= 11 is 7.68. The van der Waals surface area contributed by atoms with Gasteiger partial charge in [0.05, 0.1) is 5.75 Å². The number of halogens is 1. The van der Waals surface area contributed by atoms with Gasteiger partial charge in [-0.05, 0) is 18.6 Å². The lowest BCUT2D eigenvalue weighted by molar-refractivity contribution is 0.996. The lowest BCUT2D eigenvalue weighted by Gasteiger charge is -2.02. The number of nitrogens with zero attached hydrogens (tertiary/aromatic N) is 2. The fraction of sp³-hybridized carbons (Fsp3) is 0.231. The monoisotopic (exact) mass is 264 g/mol. The minimum atomic E-state index is 0.521. The van der Waals surface area contributed by atoms with Crippen LogP contribution in [0.2, 0.25) is 5.15 Å². The van der Waals surface area contributed by atoms with E-state index in [1.165, 1.54) is 5.56 Å². The number of hydrogen-bond donors (Lipinski definition) is 0. The molecule has 0 saturated carbocycles. The van der Waals surface area contributed by atoms with Gasteiger partial charge in [0.15, 0.2) is 0 Å². The lowest BCUT2D eigenvalue weighted by atomic mass is 10.2. The quantitative estimate of drug-likeness (QED) is 0.784. The van der Waals surface area contributed by atoms with Crippen molar-refractivity contribution >= 4 is 23.4 Å². The second-order valence-corrected chi connectivity index (χ2v) is 5.10. The van der Waals surface area contributed by atoms with Crippen LogP contribution in [0.4, 0.5) is 0 Å². The number of benzene rings is 1. The Labute approximate surface area is 110 Å². The van der Waals surface area contributed by atoms with E-state index in [9.17, 15) is 0 Å². The summed E-state index contributed by atoms with van der Waals surface area (Å²) in [5, 5.41) is 0.521. The first-order chi connectivity index (χ1) is 8.24. The minimum Gasteiger partial charge on any atom is -0.237 e. The van der Waals surface area contributed by atoms with Crippen LogP contribution in [0.3, 0.4) is 0 Å². The van der Waals surface area contributed by atoms with Crippen LogP contribution in [0.1, 0.15) is 17.1 Å². The molecule has 0 aliphatic heterocycles. The van der Waals surface area contributed by atoms with Crippen LogP contribution in [0.25, 0.3) is 0 Å². The van der Waals surface area contributed by atoms with Crippen molar-refractivity contribution in [3.05, 3.63) is 58.6 Å². The summed E-state index contributed by atoms with van der Waals surface area (Å²) in [4.78, 5) is 8.55. The molecule has 0 fully saturated rings. The maximum atomic E-state index is 5.89. The summed E-state index contributed by atoms with van der Waals surface area (Å²) in [5.41, 5.74) is 2.23. The Kier molecular flexibility index (Phi) is 4.40. The molecule has 17 heavy (non-hydrogen) atoms. The predicted octanol–water partition coefficient (Wildman–Crippen LogP) is 3.87. The molecule has 0 aliphatic carbocycles. The highest BCUT2D eigenvalue weighted by molar-refractivity contribution is 7.97. The SMILES string of the molecule is Cc1cc(Cl)nc(CSCc2ccccc2)n1. The first-order valence-corrected chi connectivity index (χ1v) is 6.89. The molecule has 0 amide bonds. The Morgan fingerprint density at radius 2 is 1.88 bits per heavy atom. The molecule has 0 unspecified atom stereocenters. The number of rotatable bonds is 4. The van der Waals surface area contributed by atoms with Gasteiger partial charge in [-0.3, -0.25) is 0 Å². The topological polar surface area (TPSA) is 25.8 Å².